The van der Waals surface area contributed by atoms with Gasteiger partial charge >= 0.3 is 6.18 Å². The first-order chi connectivity index (χ1) is 11.6. The quantitative estimate of drug-likeness (QED) is 0.819. The summed E-state index contributed by atoms with van der Waals surface area (Å²) in [6, 6.07) is 2.44. The van der Waals surface area contributed by atoms with Gasteiger partial charge in [-0.25, -0.2) is 4.98 Å². The van der Waals surface area contributed by atoms with E-state index in [1.54, 1.807) is 25.1 Å². The lowest BCUT2D eigenvalue weighted by atomic mass is 10.1. The van der Waals surface area contributed by atoms with Gasteiger partial charge in [0.25, 0.3) is 0 Å². The van der Waals surface area contributed by atoms with Gasteiger partial charge < -0.3 is 10.6 Å². The molecule has 2 aromatic rings. The van der Waals surface area contributed by atoms with Gasteiger partial charge in [0.05, 0.1) is 16.9 Å². The molecule has 0 radical (unpaired) electrons. The number of nitrogens with zero attached hydrogens (tertiary/aromatic N) is 6. The van der Waals surface area contributed by atoms with E-state index in [2.05, 4.69) is 19.9 Å². The van der Waals surface area contributed by atoms with Crippen LogP contribution in [0.1, 0.15) is 22.6 Å². The molecule has 2 heterocycles. The molecule has 0 fully saturated rings. The van der Waals surface area contributed by atoms with Gasteiger partial charge in [-0.05, 0) is 13.0 Å². The van der Waals surface area contributed by atoms with E-state index in [1.165, 1.54) is 6.92 Å². The fourth-order valence-corrected chi connectivity index (χ4v) is 2.81. The van der Waals surface area contributed by atoms with E-state index < -0.39 is 17.3 Å². The average molecular weight is 369 g/mol. The number of alkyl halides is 3. The van der Waals surface area contributed by atoms with Crippen LogP contribution in [0.4, 0.5) is 25.1 Å². The van der Waals surface area contributed by atoms with Crippen LogP contribution in [0.5, 0.6) is 0 Å². The van der Waals surface area contributed by atoms with E-state index in [-0.39, 0.29) is 28.2 Å². The summed E-state index contributed by atoms with van der Waals surface area (Å²) in [4.78, 5) is 17.7. The van der Waals surface area contributed by atoms with Crippen molar-refractivity contribution in [2.24, 2.45) is 0 Å². The summed E-state index contributed by atoms with van der Waals surface area (Å²) >= 11 is 0.938. The minimum atomic E-state index is -4.64. The molecular formula is C14H14F3N7S. The molecule has 0 bridgehead atoms. The van der Waals surface area contributed by atoms with E-state index in [0.29, 0.717) is 5.95 Å². The van der Waals surface area contributed by atoms with Crippen molar-refractivity contribution in [1.29, 1.82) is 5.26 Å². The van der Waals surface area contributed by atoms with E-state index >= 15 is 0 Å². The predicted octanol–water partition coefficient (Wildman–Crippen LogP) is 2.41. The summed E-state index contributed by atoms with van der Waals surface area (Å²) in [5.74, 6) is 0.706. The topological polar surface area (TPSA) is 105 Å². The van der Waals surface area contributed by atoms with Gasteiger partial charge in [0, 0.05) is 19.8 Å². The van der Waals surface area contributed by atoms with Crippen molar-refractivity contribution in [1.82, 2.24) is 19.9 Å². The fraction of sp³-hybridized carbons (Fsp3) is 0.357. The summed E-state index contributed by atoms with van der Waals surface area (Å²) in [6.07, 6.45) is -4.64. The number of aromatic nitrogens is 4. The Kier molecular flexibility index (Phi) is 5.32. The number of pyridine rings is 1. The molecule has 0 saturated heterocycles. The molecule has 0 aliphatic heterocycles. The molecule has 0 atom stereocenters. The summed E-state index contributed by atoms with van der Waals surface area (Å²) < 4.78 is 39.3. The zero-order chi connectivity index (χ0) is 18.8. The number of anilines is 2. The van der Waals surface area contributed by atoms with Crippen LogP contribution in [-0.2, 0) is 11.9 Å². The second kappa shape index (κ2) is 7.10. The zero-order valence-corrected chi connectivity index (χ0v) is 14.4. The molecule has 0 unspecified atom stereocenters. The predicted molar refractivity (Wildman–Crippen MR) is 86.8 cm³/mol. The van der Waals surface area contributed by atoms with Crippen molar-refractivity contribution >= 4 is 23.7 Å². The molecule has 2 rings (SSSR count). The van der Waals surface area contributed by atoms with Crippen molar-refractivity contribution in [3.8, 4) is 6.07 Å². The van der Waals surface area contributed by atoms with Gasteiger partial charge in [0.15, 0.2) is 0 Å². The van der Waals surface area contributed by atoms with Gasteiger partial charge in [-0.2, -0.15) is 33.4 Å². The second-order valence-corrected chi connectivity index (χ2v) is 6.16. The molecular weight excluding hydrogens is 355 g/mol. The molecule has 2 N–H and O–H groups in total. The summed E-state index contributed by atoms with van der Waals surface area (Å²) in [5, 5.41) is 9.11. The number of aryl methyl sites for hydroxylation is 1. The smallest absolute Gasteiger partial charge is 0.368 e. The molecule has 0 aliphatic carbocycles. The molecule has 7 nitrogen and oxygen atoms in total. The first kappa shape index (κ1) is 18.7. The first-order valence-corrected chi connectivity index (χ1v) is 7.90. The van der Waals surface area contributed by atoms with Gasteiger partial charge in [-0.3, -0.25) is 0 Å². The third kappa shape index (κ3) is 4.48. The minimum absolute atomic E-state index is 0.00277. The van der Waals surface area contributed by atoms with Crippen LogP contribution in [-0.4, -0.2) is 34.0 Å². The molecule has 0 spiro atoms. The lowest BCUT2D eigenvalue weighted by Crippen LogP contribution is -2.16. The Bertz CT molecular complexity index is 830. The molecule has 132 valence electrons. The Morgan fingerprint density at radius 2 is 1.92 bits per heavy atom. The summed E-state index contributed by atoms with van der Waals surface area (Å²) in [6.45, 7) is 1.44. The highest BCUT2D eigenvalue weighted by atomic mass is 32.2. The van der Waals surface area contributed by atoms with E-state index in [1.807, 2.05) is 0 Å². The Hall–Kier alpha value is -2.61. The van der Waals surface area contributed by atoms with Crippen molar-refractivity contribution in [3.63, 3.8) is 0 Å². The monoisotopic (exact) mass is 369 g/mol. The number of thioether (sulfide) groups is 1. The van der Waals surface area contributed by atoms with Gasteiger partial charge in [-0.1, -0.05) is 11.8 Å². The molecule has 2 aromatic heterocycles. The Labute approximate surface area is 146 Å². The van der Waals surface area contributed by atoms with Crippen molar-refractivity contribution in [2.45, 2.75) is 23.9 Å². The highest BCUT2D eigenvalue weighted by Crippen LogP contribution is 2.36. The second-order valence-electron chi connectivity index (χ2n) is 5.19. The van der Waals surface area contributed by atoms with Crippen LogP contribution in [0.25, 0.3) is 0 Å². The average Bonchev–Trinajstić information content (AvgIpc) is 2.51. The molecule has 0 aliphatic rings. The maximum Gasteiger partial charge on any atom is 0.417 e. The van der Waals surface area contributed by atoms with Crippen molar-refractivity contribution < 1.29 is 13.2 Å². The highest BCUT2D eigenvalue weighted by Gasteiger charge is 2.35. The highest BCUT2D eigenvalue weighted by molar-refractivity contribution is 7.98. The van der Waals surface area contributed by atoms with Crippen LogP contribution < -0.4 is 10.6 Å². The fourth-order valence-electron chi connectivity index (χ4n) is 1.90. The Balaban J connectivity index is 2.36. The van der Waals surface area contributed by atoms with Crippen molar-refractivity contribution in [2.75, 3.05) is 24.7 Å². The third-order valence-electron chi connectivity index (χ3n) is 2.96. The minimum Gasteiger partial charge on any atom is -0.368 e. The number of rotatable bonds is 4. The first-order valence-electron chi connectivity index (χ1n) is 6.91. The number of nitrogens with two attached hydrogens (primary N) is 1. The van der Waals surface area contributed by atoms with E-state index in [4.69, 9.17) is 11.0 Å². The van der Waals surface area contributed by atoms with Gasteiger partial charge in [0.2, 0.25) is 11.9 Å². The summed E-state index contributed by atoms with van der Waals surface area (Å²) in [5.41, 5.74) is 4.26. The Morgan fingerprint density at radius 1 is 1.24 bits per heavy atom. The number of nitrogen functional groups attached to an aromatic ring is 1. The molecule has 0 amide bonds. The third-order valence-corrected chi connectivity index (χ3v) is 3.93. The van der Waals surface area contributed by atoms with Crippen molar-refractivity contribution in [3.05, 3.63) is 28.7 Å². The summed E-state index contributed by atoms with van der Waals surface area (Å²) in [7, 11) is 3.44. The molecule has 25 heavy (non-hydrogen) atoms. The van der Waals surface area contributed by atoms with Crippen LogP contribution in [0.3, 0.4) is 0 Å². The van der Waals surface area contributed by atoms with E-state index in [0.717, 1.165) is 17.8 Å². The number of hydrogen-bond acceptors (Lipinski definition) is 8. The molecule has 11 heteroatoms. The van der Waals surface area contributed by atoms with E-state index in [9.17, 15) is 13.2 Å². The number of nitriles is 1. The lowest BCUT2D eigenvalue weighted by molar-refractivity contribution is -0.138. The number of hydrogen-bond donors (Lipinski definition) is 1. The van der Waals surface area contributed by atoms with Gasteiger partial charge in [0.1, 0.15) is 16.9 Å². The molecule has 0 saturated carbocycles. The maximum absolute atomic E-state index is 13.1. The number of halogens is 3. The molecule has 0 aromatic carbocycles. The standard InChI is InChI=1S/C14H14F3N7S/c1-7-4-9(14(15,16)17)8(5-18)11(20-7)25-6-10-21-12(19)23-13(22-10)24(2)3/h4H,6H2,1-3H3,(H2,19,21,22,23). The Morgan fingerprint density at radius 3 is 2.48 bits per heavy atom. The normalized spacial score (nSPS) is 11.2. The van der Waals surface area contributed by atoms with Crippen LogP contribution >= 0.6 is 11.8 Å². The van der Waals surface area contributed by atoms with Crippen LogP contribution in [0.15, 0.2) is 11.1 Å². The van der Waals surface area contributed by atoms with Crippen LogP contribution in [0.2, 0.25) is 0 Å². The maximum atomic E-state index is 13.1. The zero-order valence-electron chi connectivity index (χ0n) is 13.6. The van der Waals surface area contributed by atoms with Crippen LogP contribution in [0, 0.1) is 18.3 Å². The van der Waals surface area contributed by atoms with Gasteiger partial charge in [-0.15, -0.1) is 0 Å². The SMILES string of the molecule is Cc1cc(C(F)(F)F)c(C#N)c(SCc2nc(N)nc(N(C)C)n2)n1. The largest absolute Gasteiger partial charge is 0.417 e. The lowest BCUT2D eigenvalue weighted by Gasteiger charge is -2.13.